The highest BCUT2D eigenvalue weighted by Gasteiger charge is 2.71. The Kier molecular flexibility index (Phi) is 8.01. The van der Waals surface area contributed by atoms with Gasteiger partial charge in [-0.2, -0.15) is 0 Å². The van der Waals surface area contributed by atoms with Crippen molar-refractivity contribution in [3.05, 3.63) is 0 Å². The van der Waals surface area contributed by atoms with Crippen molar-refractivity contribution in [1.29, 1.82) is 0 Å². The number of Topliss-reactive ketones (excluding diaryl/α,β-unsaturated/α-hetero) is 1. The Morgan fingerprint density at radius 1 is 0.932 bits per heavy atom. The monoisotopic (exact) mass is 610 g/mol. The van der Waals surface area contributed by atoms with Gasteiger partial charge in [-0.3, -0.25) is 19.7 Å². The fourth-order valence-electron chi connectivity index (χ4n) is 12.1. The summed E-state index contributed by atoms with van der Waals surface area (Å²) in [7, 11) is 2.11. The van der Waals surface area contributed by atoms with Gasteiger partial charge in [0.15, 0.2) is 0 Å². The third-order valence-corrected chi connectivity index (χ3v) is 14.8. The lowest BCUT2D eigenvalue weighted by atomic mass is 9.44. The van der Waals surface area contributed by atoms with Crippen molar-refractivity contribution >= 4 is 17.6 Å². The minimum Gasteiger partial charge on any atom is -0.357 e. The van der Waals surface area contributed by atoms with Crippen LogP contribution in [0.5, 0.6) is 0 Å². The molecule has 2 amide bonds. The molecule has 8 nitrogen and oxygen atoms in total. The first-order valence-corrected chi connectivity index (χ1v) is 18.2. The maximum Gasteiger partial charge on any atom is 0.229 e. The zero-order valence-electron chi connectivity index (χ0n) is 28.0. The number of nitrogens with one attached hydrogen (secondary N) is 3. The van der Waals surface area contributed by atoms with Crippen molar-refractivity contribution < 1.29 is 19.1 Å². The molecule has 3 saturated heterocycles. The number of carbonyl (C=O) groups excluding carboxylic acids is 3. The summed E-state index contributed by atoms with van der Waals surface area (Å²) in [4.78, 5) is 42.1. The topological polar surface area (TPSA) is 99.8 Å². The number of ketones is 1. The van der Waals surface area contributed by atoms with Gasteiger partial charge in [-0.25, -0.2) is 0 Å². The summed E-state index contributed by atoms with van der Waals surface area (Å²) < 4.78 is 6.98. The molecule has 1 unspecified atom stereocenters. The summed E-state index contributed by atoms with van der Waals surface area (Å²) in [6, 6.07) is 0.306. The van der Waals surface area contributed by atoms with Crippen molar-refractivity contribution in [1.82, 2.24) is 20.9 Å². The Labute approximate surface area is 264 Å². The molecule has 3 N–H and O–H groups in total. The molecule has 0 aromatic rings. The number of amides is 2. The van der Waals surface area contributed by atoms with Crippen LogP contribution in [0.15, 0.2) is 0 Å². The molecule has 8 heteroatoms. The molecular weight excluding hydrogens is 552 g/mol. The van der Waals surface area contributed by atoms with Crippen LogP contribution >= 0.6 is 0 Å². The number of likely N-dealkylation sites (tertiary alicyclic amines) is 1. The zero-order chi connectivity index (χ0) is 31.0. The first kappa shape index (κ1) is 31.1. The number of carbonyl (C=O) groups is 3. The van der Waals surface area contributed by atoms with E-state index >= 15 is 0 Å². The van der Waals surface area contributed by atoms with E-state index in [1.54, 1.807) is 0 Å². The van der Waals surface area contributed by atoms with E-state index in [1.165, 1.54) is 19.3 Å². The number of nitrogens with zero attached hydrogens (tertiary/aromatic N) is 1. The van der Waals surface area contributed by atoms with Crippen LogP contribution in [0.2, 0.25) is 0 Å². The molecule has 4 saturated carbocycles. The number of hydrogen-bond acceptors (Lipinski definition) is 6. The van der Waals surface area contributed by atoms with E-state index in [9.17, 15) is 14.4 Å². The van der Waals surface area contributed by atoms with Crippen LogP contribution in [-0.2, 0) is 19.1 Å². The molecule has 246 valence electrons. The number of piperidine rings is 2. The number of fused-ring (bicyclic) bond motifs is 7. The fraction of sp³-hybridized carbons (Fsp3) is 0.917. The average Bonchev–Trinajstić information content (AvgIpc) is 3.43. The fourth-order valence-corrected chi connectivity index (χ4v) is 12.1. The van der Waals surface area contributed by atoms with E-state index in [0.29, 0.717) is 53.6 Å². The van der Waals surface area contributed by atoms with Crippen LogP contribution in [0.1, 0.15) is 105 Å². The molecule has 0 aromatic heterocycles. The number of hydrogen-bond donors (Lipinski definition) is 3. The van der Waals surface area contributed by atoms with Crippen molar-refractivity contribution in [3.63, 3.8) is 0 Å². The Bertz CT molecular complexity index is 1140. The number of rotatable bonds is 4. The predicted molar refractivity (Wildman–Crippen MR) is 169 cm³/mol. The van der Waals surface area contributed by atoms with E-state index in [1.807, 2.05) is 0 Å². The first-order valence-electron chi connectivity index (χ1n) is 18.2. The van der Waals surface area contributed by atoms with E-state index in [4.69, 9.17) is 4.74 Å². The smallest absolute Gasteiger partial charge is 0.229 e. The second-order valence-electron chi connectivity index (χ2n) is 17.0. The second-order valence-corrected chi connectivity index (χ2v) is 17.0. The molecular formula is C36H58N4O4. The van der Waals surface area contributed by atoms with Gasteiger partial charge in [0.1, 0.15) is 17.9 Å². The predicted octanol–water partition coefficient (Wildman–Crippen LogP) is 4.27. The SMILES string of the molecule is C[C@H]1CC[C@@]2(NC1)O[C@H]1C[C@H]3[C@@H]4CC[C@@H]5CC(NC(=O)CC(=O)NC6CCN(C)CC6)CC[C@]5(C)[C@H]4CC(=O)[C@]3(C)[C@H]1[C@@H]2C. The Hall–Kier alpha value is -1.51. The molecule has 3 heterocycles. The van der Waals surface area contributed by atoms with Crippen molar-refractivity contribution in [2.75, 3.05) is 26.7 Å². The lowest BCUT2D eigenvalue weighted by Gasteiger charge is -2.60. The van der Waals surface area contributed by atoms with E-state index in [0.717, 1.165) is 64.6 Å². The standard InChI is InChI=1S/C36H58N4O4/c1-21-8-13-36(37-20-21)22(2)33-29(44-36)17-28-26-7-6-23-16-25(9-12-34(23,3)27(26)18-30(41)35(28,33)4)39-32(43)19-31(42)38-24-10-14-40(5)15-11-24/h21-29,33,37H,6-20H2,1-5H3,(H,38,42)(H,39,43)/t21-,22-,23+,25?,26+,27-,28-,29-,33-,34-,35+,36+/m0/s1. The molecule has 0 radical (unpaired) electrons. The van der Waals surface area contributed by atoms with Crippen LogP contribution < -0.4 is 16.0 Å². The molecule has 1 spiro atoms. The van der Waals surface area contributed by atoms with Gasteiger partial charge in [0.2, 0.25) is 11.8 Å². The summed E-state index contributed by atoms with van der Waals surface area (Å²) in [5.41, 5.74) is -0.381. The van der Waals surface area contributed by atoms with Crippen LogP contribution in [0, 0.1) is 52.3 Å². The highest BCUT2D eigenvalue weighted by atomic mass is 16.5. The largest absolute Gasteiger partial charge is 0.357 e. The molecule has 3 aliphatic heterocycles. The van der Waals surface area contributed by atoms with Crippen molar-refractivity contribution in [2.45, 2.75) is 129 Å². The van der Waals surface area contributed by atoms with Crippen LogP contribution in [0.4, 0.5) is 0 Å². The summed E-state index contributed by atoms with van der Waals surface area (Å²) >= 11 is 0. The molecule has 0 bridgehead atoms. The lowest BCUT2D eigenvalue weighted by molar-refractivity contribution is -0.160. The van der Waals surface area contributed by atoms with Crippen LogP contribution in [0.25, 0.3) is 0 Å². The highest BCUT2D eigenvalue weighted by molar-refractivity contribution is 5.97. The van der Waals surface area contributed by atoms with Gasteiger partial charge in [-0.05, 0) is 119 Å². The maximum absolute atomic E-state index is 14.4. The Morgan fingerprint density at radius 3 is 2.36 bits per heavy atom. The normalized spacial score (nSPS) is 49.1. The summed E-state index contributed by atoms with van der Waals surface area (Å²) in [5, 5.41) is 10.1. The van der Waals surface area contributed by atoms with Gasteiger partial charge >= 0.3 is 0 Å². The number of ether oxygens (including phenoxy) is 1. The molecule has 7 fully saturated rings. The maximum atomic E-state index is 14.4. The minimum atomic E-state index is -0.276. The van der Waals surface area contributed by atoms with E-state index in [2.05, 4.69) is 55.6 Å². The molecule has 7 rings (SSSR count). The lowest BCUT2D eigenvalue weighted by Crippen LogP contribution is -2.60. The van der Waals surface area contributed by atoms with Gasteiger partial charge in [0, 0.05) is 42.3 Å². The molecule has 12 atom stereocenters. The minimum absolute atomic E-state index is 0.0805. The van der Waals surface area contributed by atoms with Gasteiger partial charge in [0.25, 0.3) is 0 Å². The van der Waals surface area contributed by atoms with Gasteiger partial charge < -0.3 is 20.3 Å². The third-order valence-electron chi connectivity index (χ3n) is 14.8. The molecule has 0 aromatic carbocycles. The zero-order valence-corrected chi connectivity index (χ0v) is 28.0. The first-order chi connectivity index (χ1) is 20.9. The van der Waals surface area contributed by atoms with Crippen molar-refractivity contribution in [3.8, 4) is 0 Å². The average molecular weight is 611 g/mol. The molecule has 44 heavy (non-hydrogen) atoms. The van der Waals surface area contributed by atoms with Gasteiger partial charge in [-0.15, -0.1) is 0 Å². The quantitative estimate of drug-likeness (QED) is 0.412. The third kappa shape index (κ3) is 4.99. The highest BCUT2D eigenvalue weighted by Crippen LogP contribution is 2.70. The van der Waals surface area contributed by atoms with Gasteiger partial charge in [0.05, 0.1) is 6.10 Å². The van der Waals surface area contributed by atoms with E-state index < -0.39 is 0 Å². The molecule has 4 aliphatic carbocycles. The van der Waals surface area contributed by atoms with Crippen molar-refractivity contribution in [2.24, 2.45) is 52.3 Å². The second kappa shape index (κ2) is 11.3. The van der Waals surface area contributed by atoms with E-state index in [-0.39, 0.29) is 53.0 Å². The summed E-state index contributed by atoms with van der Waals surface area (Å²) in [5.74, 6) is 3.51. The Morgan fingerprint density at radius 2 is 1.66 bits per heavy atom. The summed E-state index contributed by atoms with van der Waals surface area (Å²) in [6.45, 7) is 12.5. The summed E-state index contributed by atoms with van der Waals surface area (Å²) in [6.07, 6.45) is 11.3. The van der Waals surface area contributed by atoms with Gasteiger partial charge in [-0.1, -0.05) is 27.7 Å². The van der Waals surface area contributed by atoms with Crippen LogP contribution in [-0.4, -0.2) is 73.1 Å². The van der Waals surface area contributed by atoms with Crippen LogP contribution in [0.3, 0.4) is 0 Å². The molecule has 7 aliphatic rings. The Balaban J connectivity index is 0.973.